The Bertz CT molecular complexity index is 431. The number of rotatable bonds is 3. The number of nitrogens with zero attached hydrogens (tertiary/aromatic N) is 2. The minimum atomic E-state index is -0.474. The van der Waals surface area contributed by atoms with Gasteiger partial charge in [0.2, 0.25) is 0 Å². The molecular weight excluding hydrogens is 308 g/mol. The number of hydrogen-bond acceptors (Lipinski definition) is 3. The summed E-state index contributed by atoms with van der Waals surface area (Å²) >= 11 is 3.32. The summed E-state index contributed by atoms with van der Waals surface area (Å²) in [5.41, 5.74) is 0. The molecule has 1 aromatic heterocycles. The lowest BCUT2D eigenvalue weighted by molar-refractivity contribution is -0.137. The zero-order chi connectivity index (χ0) is 13.7. The van der Waals surface area contributed by atoms with Crippen LogP contribution in [0.15, 0.2) is 22.9 Å². The van der Waals surface area contributed by atoms with Crippen LogP contribution < -0.4 is 4.74 Å². The van der Waals surface area contributed by atoms with Crippen molar-refractivity contribution in [2.24, 2.45) is 0 Å². The molecule has 0 N–H and O–H groups in total. The molecule has 0 spiro atoms. The lowest BCUT2D eigenvalue weighted by Gasteiger charge is -2.24. The molecule has 0 saturated carbocycles. The third-order valence-electron chi connectivity index (χ3n) is 3.29. The van der Waals surface area contributed by atoms with Gasteiger partial charge in [0.25, 0.3) is 5.91 Å². The van der Waals surface area contributed by atoms with Crippen LogP contribution in [0.2, 0.25) is 0 Å². The van der Waals surface area contributed by atoms with Gasteiger partial charge < -0.3 is 9.64 Å². The minimum Gasteiger partial charge on any atom is -0.478 e. The van der Waals surface area contributed by atoms with Crippen molar-refractivity contribution in [2.45, 2.75) is 38.7 Å². The predicted molar refractivity (Wildman–Crippen MR) is 77.1 cm³/mol. The van der Waals surface area contributed by atoms with Gasteiger partial charge in [-0.2, -0.15) is 0 Å². The SMILES string of the molecule is CC(Oc1cccnc1Br)C(=O)N1CCCCCC1. The maximum atomic E-state index is 12.3. The highest BCUT2D eigenvalue weighted by Crippen LogP contribution is 2.23. The molecule has 1 unspecified atom stereocenters. The molecule has 2 rings (SSSR count). The highest BCUT2D eigenvalue weighted by molar-refractivity contribution is 9.10. The van der Waals surface area contributed by atoms with E-state index in [-0.39, 0.29) is 5.91 Å². The summed E-state index contributed by atoms with van der Waals surface area (Å²) in [6.45, 7) is 3.49. The second-order valence-corrected chi connectivity index (χ2v) is 5.54. The van der Waals surface area contributed by atoms with Crippen molar-refractivity contribution in [3.63, 3.8) is 0 Å². The fourth-order valence-corrected chi connectivity index (χ4v) is 2.59. The first-order chi connectivity index (χ1) is 9.18. The topological polar surface area (TPSA) is 42.4 Å². The van der Waals surface area contributed by atoms with Crippen LogP contribution in [0.3, 0.4) is 0 Å². The van der Waals surface area contributed by atoms with E-state index in [0.29, 0.717) is 10.4 Å². The largest absolute Gasteiger partial charge is 0.478 e. The summed E-state index contributed by atoms with van der Waals surface area (Å²) in [6, 6.07) is 3.60. The van der Waals surface area contributed by atoms with Gasteiger partial charge in [0.05, 0.1) is 0 Å². The molecule has 1 aliphatic heterocycles. The average Bonchev–Trinajstić information content (AvgIpc) is 2.69. The molecule has 0 aliphatic carbocycles. The first kappa shape index (κ1) is 14.3. The Labute approximate surface area is 122 Å². The molecular formula is C14H19BrN2O2. The van der Waals surface area contributed by atoms with E-state index in [9.17, 15) is 4.79 Å². The van der Waals surface area contributed by atoms with Crippen molar-refractivity contribution in [1.29, 1.82) is 0 Å². The molecule has 1 aliphatic rings. The monoisotopic (exact) mass is 326 g/mol. The molecule has 1 aromatic rings. The maximum absolute atomic E-state index is 12.3. The van der Waals surface area contributed by atoms with Crippen LogP contribution >= 0.6 is 15.9 Å². The van der Waals surface area contributed by atoms with E-state index < -0.39 is 6.10 Å². The van der Waals surface area contributed by atoms with Crippen molar-refractivity contribution in [3.8, 4) is 5.75 Å². The number of pyridine rings is 1. The third kappa shape index (κ3) is 3.93. The van der Waals surface area contributed by atoms with Crippen LogP contribution in [0.25, 0.3) is 0 Å². The van der Waals surface area contributed by atoms with Crippen LogP contribution in [0, 0.1) is 0 Å². The predicted octanol–water partition coefficient (Wildman–Crippen LogP) is 3.01. The normalized spacial score (nSPS) is 17.7. The zero-order valence-electron chi connectivity index (χ0n) is 11.1. The highest BCUT2D eigenvalue weighted by atomic mass is 79.9. The molecule has 4 nitrogen and oxygen atoms in total. The summed E-state index contributed by atoms with van der Waals surface area (Å²) in [7, 11) is 0. The molecule has 1 amide bonds. The highest BCUT2D eigenvalue weighted by Gasteiger charge is 2.23. The lowest BCUT2D eigenvalue weighted by atomic mass is 10.2. The molecule has 0 aromatic carbocycles. The van der Waals surface area contributed by atoms with Crippen LogP contribution in [0.5, 0.6) is 5.75 Å². The first-order valence-electron chi connectivity index (χ1n) is 6.74. The van der Waals surface area contributed by atoms with Crippen LogP contribution in [-0.2, 0) is 4.79 Å². The summed E-state index contributed by atoms with van der Waals surface area (Å²) in [4.78, 5) is 18.3. The molecule has 5 heteroatoms. The second-order valence-electron chi connectivity index (χ2n) is 4.79. The molecule has 2 heterocycles. The Kier molecular flexibility index (Phi) is 5.19. The molecule has 1 saturated heterocycles. The zero-order valence-corrected chi connectivity index (χ0v) is 12.7. The minimum absolute atomic E-state index is 0.0673. The number of aromatic nitrogens is 1. The van der Waals surface area contributed by atoms with E-state index in [2.05, 4.69) is 20.9 Å². The quantitative estimate of drug-likeness (QED) is 0.802. The summed E-state index contributed by atoms with van der Waals surface area (Å²) < 4.78 is 6.33. The molecule has 1 atom stereocenters. The molecule has 1 fully saturated rings. The first-order valence-corrected chi connectivity index (χ1v) is 7.54. The maximum Gasteiger partial charge on any atom is 0.263 e. The van der Waals surface area contributed by atoms with Gasteiger partial charge in [-0.15, -0.1) is 0 Å². The Morgan fingerprint density at radius 1 is 1.37 bits per heavy atom. The van der Waals surface area contributed by atoms with E-state index in [1.54, 1.807) is 19.2 Å². The lowest BCUT2D eigenvalue weighted by Crippen LogP contribution is -2.41. The smallest absolute Gasteiger partial charge is 0.263 e. The van der Waals surface area contributed by atoms with E-state index in [0.717, 1.165) is 25.9 Å². The molecule has 0 bridgehead atoms. The van der Waals surface area contributed by atoms with Gasteiger partial charge in [0, 0.05) is 19.3 Å². The van der Waals surface area contributed by atoms with Crippen molar-refractivity contribution >= 4 is 21.8 Å². The van der Waals surface area contributed by atoms with Crippen molar-refractivity contribution in [3.05, 3.63) is 22.9 Å². The number of amides is 1. The van der Waals surface area contributed by atoms with Gasteiger partial charge >= 0.3 is 0 Å². The third-order valence-corrected chi connectivity index (χ3v) is 3.89. The second kappa shape index (κ2) is 6.89. The van der Waals surface area contributed by atoms with Gasteiger partial charge in [-0.1, -0.05) is 12.8 Å². The van der Waals surface area contributed by atoms with Gasteiger partial charge in [0.15, 0.2) is 11.9 Å². The fourth-order valence-electron chi connectivity index (χ4n) is 2.25. The van der Waals surface area contributed by atoms with Crippen LogP contribution in [0.1, 0.15) is 32.6 Å². The standard InChI is InChI=1S/C14H19BrN2O2/c1-11(19-12-7-6-8-16-13(12)15)14(18)17-9-4-2-3-5-10-17/h6-8,11H,2-5,9-10H2,1H3. The van der Waals surface area contributed by atoms with E-state index in [1.165, 1.54) is 12.8 Å². The molecule has 0 radical (unpaired) electrons. The average molecular weight is 327 g/mol. The van der Waals surface area contributed by atoms with E-state index in [4.69, 9.17) is 4.74 Å². The molecule has 19 heavy (non-hydrogen) atoms. The van der Waals surface area contributed by atoms with Crippen LogP contribution in [0.4, 0.5) is 0 Å². The number of hydrogen-bond donors (Lipinski definition) is 0. The van der Waals surface area contributed by atoms with E-state index >= 15 is 0 Å². The summed E-state index contributed by atoms with van der Waals surface area (Å²) in [5.74, 6) is 0.677. The number of carbonyl (C=O) groups excluding carboxylic acids is 1. The number of carbonyl (C=O) groups is 1. The molecule has 104 valence electrons. The number of ether oxygens (including phenoxy) is 1. The van der Waals surface area contributed by atoms with Crippen molar-refractivity contribution < 1.29 is 9.53 Å². The number of likely N-dealkylation sites (tertiary alicyclic amines) is 1. The van der Waals surface area contributed by atoms with Crippen LogP contribution in [-0.4, -0.2) is 35.0 Å². The fraction of sp³-hybridized carbons (Fsp3) is 0.571. The summed E-state index contributed by atoms with van der Waals surface area (Å²) in [6.07, 6.45) is 5.82. The Morgan fingerprint density at radius 2 is 2.05 bits per heavy atom. The number of halogens is 1. The van der Waals surface area contributed by atoms with Gasteiger partial charge in [-0.25, -0.2) is 4.98 Å². The van der Waals surface area contributed by atoms with Crippen molar-refractivity contribution in [2.75, 3.05) is 13.1 Å². The Hall–Kier alpha value is -1.10. The van der Waals surface area contributed by atoms with Gasteiger partial charge in [-0.05, 0) is 47.8 Å². The van der Waals surface area contributed by atoms with Gasteiger partial charge in [0.1, 0.15) is 4.60 Å². The van der Waals surface area contributed by atoms with Gasteiger partial charge in [-0.3, -0.25) is 4.79 Å². The van der Waals surface area contributed by atoms with E-state index in [1.807, 2.05) is 11.0 Å². The Balaban J connectivity index is 1.97. The Morgan fingerprint density at radius 3 is 2.68 bits per heavy atom. The van der Waals surface area contributed by atoms with Crippen molar-refractivity contribution in [1.82, 2.24) is 9.88 Å². The summed E-state index contributed by atoms with van der Waals surface area (Å²) in [5, 5.41) is 0.